The molecular weight excluding hydrogens is 526 g/mol. The molecule has 5 rings (SSSR count). The molecule has 3 aliphatic rings. The molecule has 222 valence electrons. The van der Waals surface area contributed by atoms with E-state index >= 15 is 0 Å². The van der Waals surface area contributed by atoms with Gasteiger partial charge >= 0.3 is 5.97 Å². The molecule has 2 bridgehead atoms. The van der Waals surface area contributed by atoms with Crippen molar-refractivity contribution in [2.75, 3.05) is 26.3 Å². The number of fused-ring (bicyclic) bond motifs is 2. The molecule has 6 atom stereocenters. The van der Waals surface area contributed by atoms with Crippen LogP contribution >= 0.6 is 0 Å². The summed E-state index contributed by atoms with van der Waals surface area (Å²) >= 11 is 0. The van der Waals surface area contributed by atoms with Gasteiger partial charge < -0.3 is 24.4 Å². The number of para-hydroxylation sites is 1. The lowest BCUT2D eigenvalue weighted by Crippen LogP contribution is -2.56. The number of carbonyl (C=O) groups excluding carboxylic acids is 3. The Labute approximate surface area is 240 Å². The van der Waals surface area contributed by atoms with Crippen LogP contribution in [0.15, 0.2) is 36.9 Å². The number of hydrogen-bond acceptors (Lipinski definition) is 8. The first-order chi connectivity index (χ1) is 19.7. The number of carbonyl (C=O) groups is 3. The number of benzene rings is 1. The normalized spacial score (nSPS) is 30.1. The first-order valence-corrected chi connectivity index (χ1v) is 14.7. The van der Waals surface area contributed by atoms with Crippen molar-refractivity contribution in [2.24, 2.45) is 17.8 Å². The predicted molar refractivity (Wildman–Crippen MR) is 150 cm³/mol. The minimum Gasteiger partial charge on any atom is -0.466 e. The van der Waals surface area contributed by atoms with Gasteiger partial charge in [0.2, 0.25) is 11.8 Å². The third kappa shape index (κ3) is 4.72. The van der Waals surface area contributed by atoms with Crippen LogP contribution in [0.2, 0.25) is 0 Å². The van der Waals surface area contributed by atoms with Crippen LogP contribution in [-0.2, 0) is 30.5 Å². The number of rotatable bonds is 13. The van der Waals surface area contributed by atoms with Gasteiger partial charge in [-0.25, -0.2) is 4.68 Å². The van der Waals surface area contributed by atoms with Crippen molar-refractivity contribution in [1.29, 1.82) is 0 Å². The topological polar surface area (TPSA) is 127 Å². The van der Waals surface area contributed by atoms with Gasteiger partial charge in [0.1, 0.15) is 29.7 Å². The van der Waals surface area contributed by atoms with Gasteiger partial charge in [0.15, 0.2) is 0 Å². The molecule has 1 spiro atoms. The summed E-state index contributed by atoms with van der Waals surface area (Å²) in [5, 5.41) is 17.7. The number of aliphatic hydroxyl groups excluding tert-OH is 1. The molecule has 0 aliphatic carbocycles. The Bertz CT molecular complexity index is 1310. The molecule has 3 fully saturated rings. The van der Waals surface area contributed by atoms with E-state index in [1.165, 1.54) is 0 Å². The van der Waals surface area contributed by atoms with Crippen molar-refractivity contribution in [3.8, 4) is 0 Å². The first kappa shape index (κ1) is 29.2. The zero-order valence-electron chi connectivity index (χ0n) is 24.2. The number of aromatic nitrogens is 3. The molecule has 3 aliphatic heterocycles. The molecule has 3 saturated heterocycles. The SMILES string of the molecule is C=CCN(Cn1nnc2ccccc21)C(=O)C1N(CCCCCCO)C(=O)[C@@H]2[C@@H](C(=O)OCC)[C@]3(C)OC12CC3C. The Morgan fingerprint density at radius 2 is 2.02 bits per heavy atom. The summed E-state index contributed by atoms with van der Waals surface area (Å²) in [7, 11) is 0. The predicted octanol–water partition coefficient (Wildman–Crippen LogP) is 2.53. The number of aliphatic hydroxyl groups is 1. The van der Waals surface area contributed by atoms with E-state index in [0.29, 0.717) is 25.8 Å². The lowest BCUT2D eigenvalue weighted by molar-refractivity contribution is -0.162. The van der Waals surface area contributed by atoms with Crippen LogP contribution in [0.1, 0.15) is 52.9 Å². The van der Waals surface area contributed by atoms with Crippen LogP contribution in [0.3, 0.4) is 0 Å². The molecule has 0 saturated carbocycles. The Hall–Kier alpha value is -3.31. The van der Waals surface area contributed by atoms with Gasteiger partial charge in [-0.1, -0.05) is 43.2 Å². The number of hydrogen-bond donors (Lipinski definition) is 1. The summed E-state index contributed by atoms with van der Waals surface area (Å²) in [5.41, 5.74) is -0.553. The van der Waals surface area contributed by atoms with Crippen molar-refractivity contribution in [3.05, 3.63) is 36.9 Å². The van der Waals surface area contributed by atoms with Crippen molar-refractivity contribution in [3.63, 3.8) is 0 Å². The second kappa shape index (κ2) is 11.5. The van der Waals surface area contributed by atoms with Gasteiger partial charge in [-0.15, -0.1) is 11.7 Å². The molecule has 41 heavy (non-hydrogen) atoms. The van der Waals surface area contributed by atoms with E-state index in [0.717, 1.165) is 23.9 Å². The van der Waals surface area contributed by atoms with Crippen molar-refractivity contribution in [1.82, 2.24) is 24.8 Å². The van der Waals surface area contributed by atoms with Crippen LogP contribution < -0.4 is 0 Å². The highest BCUT2D eigenvalue weighted by molar-refractivity contribution is 5.98. The standard InChI is InChI=1S/C30H41N5O6/c1-5-15-33(19-35-22-14-10-9-13-21(22)31-32-35)27(38)25-30-18-20(3)29(4,41-30)24(28(39)40-6-2)23(30)26(37)34(25)16-11-7-8-12-17-36/h5,9-10,13-14,20,23-25,36H,1,6-8,11-12,15-19H2,2-4H3/t20?,23-,24-,25?,29+,30?/m0/s1. The number of amides is 2. The smallest absolute Gasteiger partial charge is 0.312 e. The van der Waals surface area contributed by atoms with Gasteiger partial charge in [-0.05, 0) is 51.2 Å². The minimum absolute atomic E-state index is 0.0622. The van der Waals surface area contributed by atoms with Crippen LogP contribution in [0.5, 0.6) is 0 Å². The quantitative estimate of drug-likeness (QED) is 0.222. The second-order valence-corrected chi connectivity index (χ2v) is 11.7. The van der Waals surface area contributed by atoms with E-state index < -0.39 is 35.0 Å². The fourth-order valence-electron chi connectivity index (χ4n) is 7.33. The molecule has 0 radical (unpaired) electrons. The molecule has 11 nitrogen and oxygen atoms in total. The maximum atomic E-state index is 14.6. The molecule has 1 aromatic carbocycles. The largest absolute Gasteiger partial charge is 0.466 e. The van der Waals surface area contributed by atoms with Crippen LogP contribution in [-0.4, -0.2) is 91.2 Å². The van der Waals surface area contributed by atoms with Gasteiger partial charge in [0.25, 0.3) is 0 Å². The highest BCUT2D eigenvalue weighted by Gasteiger charge is 2.80. The highest BCUT2D eigenvalue weighted by Crippen LogP contribution is 2.65. The summed E-state index contributed by atoms with van der Waals surface area (Å²) in [6.07, 6.45) is 5.13. The van der Waals surface area contributed by atoms with E-state index in [1.807, 2.05) is 38.1 Å². The van der Waals surface area contributed by atoms with E-state index in [1.54, 1.807) is 27.5 Å². The third-order valence-electron chi connectivity index (χ3n) is 9.28. The Morgan fingerprint density at radius 3 is 2.76 bits per heavy atom. The van der Waals surface area contributed by atoms with Gasteiger partial charge in [0, 0.05) is 19.7 Å². The average molecular weight is 568 g/mol. The number of unbranched alkanes of at least 4 members (excludes halogenated alkanes) is 3. The van der Waals surface area contributed by atoms with E-state index in [-0.39, 0.29) is 44.2 Å². The van der Waals surface area contributed by atoms with E-state index in [9.17, 15) is 19.5 Å². The van der Waals surface area contributed by atoms with Crippen LogP contribution in [0.4, 0.5) is 0 Å². The lowest BCUT2D eigenvalue weighted by atomic mass is 9.62. The summed E-state index contributed by atoms with van der Waals surface area (Å²) in [4.78, 5) is 45.5. The molecule has 1 N–H and O–H groups in total. The Kier molecular flexibility index (Phi) is 8.20. The summed E-state index contributed by atoms with van der Waals surface area (Å²) in [6, 6.07) is 6.62. The number of esters is 1. The maximum absolute atomic E-state index is 14.6. The fourth-order valence-corrected chi connectivity index (χ4v) is 7.33. The molecule has 3 unspecified atom stereocenters. The van der Waals surface area contributed by atoms with Crippen molar-refractivity contribution >= 4 is 28.8 Å². The zero-order valence-corrected chi connectivity index (χ0v) is 24.2. The maximum Gasteiger partial charge on any atom is 0.312 e. The molecule has 4 heterocycles. The molecular formula is C30H41N5O6. The summed E-state index contributed by atoms with van der Waals surface area (Å²) in [5.74, 6) is -2.60. The van der Waals surface area contributed by atoms with Gasteiger partial charge in [-0.3, -0.25) is 14.4 Å². The van der Waals surface area contributed by atoms with Crippen LogP contribution in [0.25, 0.3) is 11.0 Å². The third-order valence-corrected chi connectivity index (χ3v) is 9.28. The molecule has 2 aromatic rings. The van der Waals surface area contributed by atoms with E-state index in [2.05, 4.69) is 16.9 Å². The molecule has 1 aromatic heterocycles. The second-order valence-electron chi connectivity index (χ2n) is 11.7. The number of ether oxygens (including phenoxy) is 2. The number of nitrogens with zero attached hydrogens (tertiary/aromatic N) is 5. The van der Waals surface area contributed by atoms with Crippen molar-refractivity contribution < 1.29 is 29.0 Å². The lowest BCUT2D eigenvalue weighted by Gasteiger charge is -2.37. The van der Waals surface area contributed by atoms with Gasteiger partial charge in [-0.2, -0.15) is 0 Å². The monoisotopic (exact) mass is 567 g/mol. The van der Waals surface area contributed by atoms with Crippen LogP contribution in [0, 0.1) is 17.8 Å². The average Bonchev–Trinajstić information content (AvgIpc) is 3.62. The highest BCUT2D eigenvalue weighted by atomic mass is 16.6. The van der Waals surface area contributed by atoms with E-state index in [4.69, 9.17) is 9.47 Å². The first-order valence-electron chi connectivity index (χ1n) is 14.7. The number of likely N-dealkylation sites (tertiary alicyclic amines) is 1. The summed E-state index contributed by atoms with van der Waals surface area (Å²) in [6.45, 7) is 10.5. The Morgan fingerprint density at radius 1 is 1.27 bits per heavy atom. The van der Waals surface area contributed by atoms with Gasteiger partial charge in [0.05, 0.1) is 23.6 Å². The molecule has 11 heteroatoms. The summed E-state index contributed by atoms with van der Waals surface area (Å²) < 4.78 is 13.9. The minimum atomic E-state index is -1.14. The zero-order chi connectivity index (χ0) is 29.4. The van der Waals surface area contributed by atoms with Crippen molar-refractivity contribution in [2.45, 2.75) is 76.8 Å². The fraction of sp³-hybridized carbons (Fsp3) is 0.633. The molecule has 2 amide bonds. The Balaban J connectivity index is 1.52.